The molecule has 0 amide bonds. The van der Waals surface area contributed by atoms with E-state index in [1.165, 1.54) is 13.8 Å². The molecule has 1 atom stereocenters. The first-order chi connectivity index (χ1) is 8.68. The summed E-state index contributed by atoms with van der Waals surface area (Å²) in [6, 6.07) is 0. The molecule has 0 spiro atoms. The summed E-state index contributed by atoms with van der Waals surface area (Å²) in [5.74, 6) is -12.6. The molecule has 0 aromatic heterocycles. The molecule has 1 rings (SSSR count). The summed E-state index contributed by atoms with van der Waals surface area (Å²) in [4.78, 5) is 9.59. The van der Waals surface area contributed by atoms with Crippen molar-refractivity contribution in [1.82, 2.24) is 0 Å². The summed E-state index contributed by atoms with van der Waals surface area (Å²) in [5, 5.41) is 10.4. The van der Waals surface area contributed by atoms with Crippen LogP contribution in [0, 0.1) is 45.1 Å². The molecular weight excluding hydrogens is 273 g/mol. The molecule has 0 bridgehead atoms. The fraction of sp³-hybridized carbons (Fsp3) is 0.455. The lowest BCUT2D eigenvalue weighted by atomic mass is 9.87. The van der Waals surface area contributed by atoms with E-state index in [-0.39, 0.29) is 0 Å². The quantitative estimate of drug-likeness (QED) is 0.279. The zero-order valence-corrected chi connectivity index (χ0v) is 10.0. The van der Waals surface area contributed by atoms with Crippen LogP contribution in [0.2, 0.25) is 0 Å². The molecule has 106 valence electrons. The minimum absolute atomic E-state index is 0.668. The highest BCUT2D eigenvalue weighted by molar-refractivity contribution is 5.28. The zero-order chi connectivity index (χ0) is 14.9. The van der Waals surface area contributed by atoms with Crippen molar-refractivity contribution < 1.29 is 26.9 Å². The summed E-state index contributed by atoms with van der Waals surface area (Å²) in [5.41, 5.74) is -1.14. The molecular formula is C11H10F5NO2. The Hall–Kier alpha value is -1.73. The predicted octanol–water partition coefficient (Wildman–Crippen LogP) is 3.40. The second kappa shape index (κ2) is 5.50. The molecule has 3 nitrogen and oxygen atoms in total. The van der Waals surface area contributed by atoms with Gasteiger partial charge in [0, 0.05) is 10.5 Å². The summed E-state index contributed by atoms with van der Waals surface area (Å²) < 4.78 is 66.0. The van der Waals surface area contributed by atoms with Gasteiger partial charge in [-0.2, -0.15) is 0 Å². The van der Waals surface area contributed by atoms with Crippen molar-refractivity contribution in [1.29, 1.82) is 0 Å². The third-order valence-electron chi connectivity index (χ3n) is 2.77. The van der Waals surface area contributed by atoms with Crippen LogP contribution in [0.5, 0.6) is 0 Å². The monoisotopic (exact) mass is 283 g/mol. The molecule has 0 saturated carbocycles. The second-order valence-corrected chi connectivity index (χ2v) is 4.35. The number of nitro groups is 1. The maximum Gasteiger partial charge on any atom is 0.211 e. The fourth-order valence-corrected chi connectivity index (χ4v) is 1.74. The fourth-order valence-electron chi connectivity index (χ4n) is 1.74. The normalized spacial score (nSPS) is 12.8. The van der Waals surface area contributed by atoms with Crippen molar-refractivity contribution in [3.05, 3.63) is 44.8 Å². The lowest BCUT2D eigenvalue weighted by Gasteiger charge is -2.19. The van der Waals surface area contributed by atoms with E-state index in [9.17, 15) is 32.1 Å². The van der Waals surface area contributed by atoms with Gasteiger partial charge in [-0.1, -0.05) is 13.8 Å². The Balaban J connectivity index is 3.51. The minimum Gasteiger partial charge on any atom is -0.265 e. The Morgan fingerprint density at radius 3 is 1.63 bits per heavy atom. The van der Waals surface area contributed by atoms with Crippen molar-refractivity contribution in [2.24, 2.45) is 5.92 Å². The van der Waals surface area contributed by atoms with Gasteiger partial charge in [0.2, 0.25) is 12.4 Å². The Labute approximate surface area is 105 Å². The number of benzene rings is 1. The van der Waals surface area contributed by atoms with Crippen molar-refractivity contribution in [2.45, 2.75) is 19.8 Å². The van der Waals surface area contributed by atoms with E-state index in [1.807, 2.05) is 0 Å². The smallest absolute Gasteiger partial charge is 0.211 e. The number of rotatable bonds is 4. The van der Waals surface area contributed by atoms with Gasteiger partial charge in [-0.05, 0) is 5.92 Å². The van der Waals surface area contributed by atoms with Crippen LogP contribution < -0.4 is 0 Å². The Morgan fingerprint density at radius 1 is 0.947 bits per heavy atom. The standard InChI is InChI=1S/C11H10F5NO2/c1-4(2)5(3-17(18)19)6-7(12)9(14)11(16)10(15)8(6)13/h4-5H,3H2,1-2H3. The van der Waals surface area contributed by atoms with Gasteiger partial charge in [-0.15, -0.1) is 0 Å². The third-order valence-corrected chi connectivity index (χ3v) is 2.77. The summed E-state index contributed by atoms with van der Waals surface area (Å²) in [6.07, 6.45) is 0. The molecule has 0 aliphatic carbocycles. The molecule has 19 heavy (non-hydrogen) atoms. The molecule has 0 aliphatic rings. The Morgan fingerprint density at radius 2 is 1.32 bits per heavy atom. The van der Waals surface area contributed by atoms with Crippen molar-refractivity contribution >= 4 is 0 Å². The molecule has 0 aliphatic heterocycles. The van der Waals surface area contributed by atoms with Crippen LogP contribution in [-0.2, 0) is 0 Å². The highest BCUT2D eigenvalue weighted by atomic mass is 19.2. The molecule has 0 radical (unpaired) electrons. The Bertz CT molecular complexity index is 489. The number of hydrogen-bond donors (Lipinski definition) is 0. The summed E-state index contributed by atoms with van der Waals surface area (Å²) >= 11 is 0. The maximum atomic E-state index is 13.5. The van der Waals surface area contributed by atoms with Crippen LogP contribution in [0.15, 0.2) is 0 Å². The van der Waals surface area contributed by atoms with Gasteiger partial charge in [0.05, 0.1) is 5.92 Å². The highest BCUT2D eigenvalue weighted by Gasteiger charge is 2.34. The molecule has 0 saturated heterocycles. The summed E-state index contributed by atoms with van der Waals surface area (Å²) in [7, 11) is 0. The van der Waals surface area contributed by atoms with E-state index in [4.69, 9.17) is 0 Å². The maximum absolute atomic E-state index is 13.5. The van der Waals surface area contributed by atoms with Gasteiger partial charge in [0.15, 0.2) is 23.3 Å². The third kappa shape index (κ3) is 2.82. The topological polar surface area (TPSA) is 43.1 Å². The molecule has 1 unspecified atom stereocenters. The van der Waals surface area contributed by atoms with E-state index < -0.39 is 58.0 Å². The van der Waals surface area contributed by atoms with Crippen LogP contribution in [0.25, 0.3) is 0 Å². The van der Waals surface area contributed by atoms with Crippen LogP contribution in [0.4, 0.5) is 22.0 Å². The van der Waals surface area contributed by atoms with Crippen LogP contribution >= 0.6 is 0 Å². The van der Waals surface area contributed by atoms with Gasteiger partial charge in [0.1, 0.15) is 0 Å². The predicted molar refractivity (Wildman–Crippen MR) is 55.7 cm³/mol. The lowest BCUT2D eigenvalue weighted by molar-refractivity contribution is -0.484. The van der Waals surface area contributed by atoms with E-state index in [0.717, 1.165) is 0 Å². The van der Waals surface area contributed by atoms with E-state index in [1.54, 1.807) is 0 Å². The van der Waals surface area contributed by atoms with Crippen molar-refractivity contribution in [3.63, 3.8) is 0 Å². The zero-order valence-electron chi connectivity index (χ0n) is 10.0. The lowest BCUT2D eigenvalue weighted by Crippen LogP contribution is -2.22. The van der Waals surface area contributed by atoms with Crippen LogP contribution in [0.3, 0.4) is 0 Å². The molecule has 0 heterocycles. The van der Waals surface area contributed by atoms with Crippen molar-refractivity contribution in [3.8, 4) is 0 Å². The molecule has 0 fully saturated rings. The Kier molecular flexibility index (Phi) is 4.43. The SMILES string of the molecule is CC(C)C(C[N+](=O)[O-])c1c(F)c(F)c(F)c(F)c1F. The molecule has 8 heteroatoms. The van der Waals surface area contributed by atoms with Gasteiger partial charge >= 0.3 is 0 Å². The van der Waals surface area contributed by atoms with E-state index in [0.29, 0.717) is 0 Å². The van der Waals surface area contributed by atoms with Gasteiger partial charge in [-0.25, -0.2) is 22.0 Å². The average Bonchev–Trinajstić information content (AvgIpc) is 2.32. The molecule has 0 N–H and O–H groups in total. The van der Waals surface area contributed by atoms with Crippen LogP contribution in [-0.4, -0.2) is 11.5 Å². The van der Waals surface area contributed by atoms with Crippen molar-refractivity contribution in [2.75, 3.05) is 6.54 Å². The first kappa shape index (κ1) is 15.3. The van der Waals surface area contributed by atoms with E-state index >= 15 is 0 Å². The van der Waals surface area contributed by atoms with Gasteiger partial charge in [-0.3, -0.25) is 10.1 Å². The minimum atomic E-state index is -2.28. The summed E-state index contributed by atoms with van der Waals surface area (Å²) in [6.45, 7) is 1.87. The van der Waals surface area contributed by atoms with Crippen LogP contribution in [0.1, 0.15) is 25.3 Å². The molecule has 1 aromatic carbocycles. The molecule has 1 aromatic rings. The number of hydrogen-bond acceptors (Lipinski definition) is 2. The largest absolute Gasteiger partial charge is 0.265 e. The van der Waals surface area contributed by atoms with Gasteiger partial charge in [0.25, 0.3) is 0 Å². The highest BCUT2D eigenvalue weighted by Crippen LogP contribution is 2.33. The first-order valence-corrected chi connectivity index (χ1v) is 5.31. The first-order valence-electron chi connectivity index (χ1n) is 5.31. The van der Waals surface area contributed by atoms with Gasteiger partial charge < -0.3 is 0 Å². The van der Waals surface area contributed by atoms with E-state index in [2.05, 4.69) is 0 Å². The number of halogens is 5. The number of nitrogens with zero attached hydrogens (tertiary/aromatic N) is 1. The average molecular weight is 283 g/mol. The second-order valence-electron chi connectivity index (χ2n) is 4.35.